The summed E-state index contributed by atoms with van der Waals surface area (Å²) >= 11 is 5.85. The molecular weight excluding hydrogens is 262 g/mol. The third kappa shape index (κ3) is 5.73. The van der Waals surface area contributed by atoms with Crippen LogP contribution in [0.25, 0.3) is 0 Å². The number of halogens is 1. The summed E-state index contributed by atoms with van der Waals surface area (Å²) in [6.07, 6.45) is 0.342. The van der Waals surface area contributed by atoms with Crippen LogP contribution in [0.3, 0.4) is 0 Å². The van der Waals surface area contributed by atoms with Crippen LogP contribution >= 0.6 is 11.6 Å². The lowest BCUT2D eigenvalue weighted by molar-refractivity contribution is -0.116. The molecule has 0 spiro atoms. The second kappa shape index (κ2) is 6.55. The van der Waals surface area contributed by atoms with E-state index in [9.17, 15) is 4.79 Å². The number of nitrogens with zero attached hydrogens (tertiary/aromatic N) is 1. The second-order valence-electron chi connectivity index (χ2n) is 5.28. The molecule has 4 nitrogen and oxygen atoms in total. The third-order valence-corrected chi connectivity index (χ3v) is 2.62. The van der Waals surface area contributed by atoms with Crippen molar-refractivity contribution in [2.24, 2.45) is 0 Å². The highest BCUT2D eigenvalue weighted by Gasteiger charge is 2.11. The van der Waals surface area contributed by atoms with Gasteiger partial charge in [-0.3, -0.25) is 4.79 Å². The van der Waals surface area contributed by atoms with Gasteiger partial charge < -0.3 is 10.6 Å². The molecule has 2 N–H and O–H groups in total. The minimum atomic E-state index is -0.143. The predicted molar refractivity (Wildman–Crippen MR) is 77.2 cm³/mol. The van der Waals surface area contributed by atoms with Crippen molar-refractivity contribution < 1.29 is 4.79 Å². The van der Waals surface area contributed by atoms with E-state index in [2.05, 4.69) is 10.6 Å². The zero-order chi connectivity index (χ0) is 14.5. The van der Waals surface area contributed by atoms with Crippen molar-refractivity contribution >= 4 is 23.2 Å². The summed E-state index contributed by atoms with van der Waals surface area (Å²) in [7, 11) is 0. The Hall–Kier alpha value is -1.57. The van der Waals surface area contributed by atoms with Gasteiger partial charge in [-0.15, -0.1) is 0 Å². The molecule has 0 radical (unpaired) electrons. The molecule has 1 rings (SSSR count). The fraction of sp³-hybridized carbons (Fsp3) is 0.429. The van der Waals surface area contributed by atoms with E-state index in [0.717, 1.165) is 0 Å². The van der Waals surface area contributed by atoms with Gasteiger partial charge >= 0.3 is 0 Å². The first-order chi connectivity index (χ1) is 8.81. The van der Waals surface area contributed by atoms with E-state index in [4.69, 9.17) is 16.9 Å². The zero-order valence-corrected chi connectivity index (χ0v) is 12.1. The molecule has 1 amide bonds. The van der Waals surface area contributed by atoms with E-state index in [1.165, 1.54) is 0 Å². The number of rotatable bonds is 4. The van der Waals surface area contributed by atoms with Crippen LogP contribution in [-0.4, -0.2) is 18.0 Å². The SMILES string of the molecule is CC(C)(C)NCCC(=O)Nc1cc(Cl)ccc1C#N. The molecule has 0 saturated heterocycles. The van der Waals surface area contributed by atoms with Gasteiger partial charge in [0.15, 0.2) is 0 Å². The number of hydrogen-bond acceptors (Lipinski definition) is 3. The van der Waals surface area contributed by atoms with Gasteiger partial charge in [0.1, 0.15) is 6.07 Å². The highest BCUT2D eigenvalue weighted by Crippen LogP contribution is 2.20. The van der Waals surface area contributed by atoms with Crippen molar-refractivity contribution in [3.63, 3.8) is 0 Å². The van der Waals surface area contributed by atoms with E-state index in [1.807, 2.05) is 26.8 Å². The average molecular weight is 280 g/mol. The van der Waals surface area contributed by atoms with Gasteiger partial charge in [-0.1, -0.05) is 11.6 Å². The molecule has 0 heterocycles. The summed E-state index contributed by atoms with van der Waals surface area (Å²) < 4.78 is 0. The topological polar surface area (TPSA) is 64.9 Å². The molecule has 5 heteroatoms. The largest absolute Gasteiger partial charge is 0.325 e. The van der Waals surface area contributed by atoms with Gasteiger partial charge in [0.25, 0.3) is 0 Å². The van der Waals surface area contributed by atoms with Crippen molar-refractivity contribution in [1.29, 1.82) is 5.26 Å². The minimum absolute atomic E-state index is 0.0197. The maximum atomic E-state index is 11.8. The van der Waals surface area contributed by atoms with Crippen LogP contribution in [0.2, 0.25) is 5.02 Å². The monoisotopic (exact) mass is 279 g/mol. The standard InChI is InChI=1S/C14H18ClN3O/c1-14(2,3)17-7-6-13(19)18-12-8-11(15)5-4-10(12)9-16/h4-5,8,17H,6-7H2,1-3H3,(H,18,19). The van der Waals surface area contributed by atoms with Crippen LogP contribution in [0.5, 0.6) is 0 Å². The van der Waals surface area contributed by atoms with Crippen molar-refractivity contribution in [3.05, 3.63) is 28.8 Å². The predicted octanol–water partition coefficient (Wildman–Crippen LogP) is 2.93. The summed E-state index contributed by atoms with van der Waals surface area (Å²) in [5.74, 6) is -0.143. The maximum Gasteiger partial charge on any atom is 0.225 e. The summed E-state index contributed by atoms with van der Waals surface area (Å²) in [4.78, 5) is 11.8. The van der Waals surface area contributed by atoms with Gasteiger partial charge in [-0.05, 0) is 39.0 Å². The Balaban J connectivity index is 2.58. The Morgan fingerprint density at radius 3 is 2.68 bits per heavy atom. The van der Waals surface area contributed by atoms with E-state index < -0.39 is 0 Å². The van der Waals surface area contributed by atoms with Crippen molar-refractivity contribution in [3.8, 4) is 6.07 Å². The van der Waals surface area contributed by atoms with E-state index >= 15 is 0 Å². The Morgan fingerprint density at radius 1 is 1.42 bits per heavy atom. The maximum absolute atomic E-state index is 11.8. The summed E-state index contributed by atoms with van der Waals surface area (Å²) in [6.45, 7) is 6.69. The highest BCUT2D eigenvalue weighted by atomic mass is 35.5. The fourth-order valence-electron chi connectivity index (χ4n) is 1.48. The molecule has 0 aliphatic heterocycles. The van der Waals surface area contributed by atoms with Gasteiger partial charge in [-0.25, -0.2) is 0 Å². The molecule has 1 aromatic carbocycles. The summed E-state index contributed by atoms with van der Waals surface area (Å²) in [5.41, 5.74) is 0.839. The molecule has 0 aliphatic rings. The van der Waals surface area contributed by atoms with E-state index in [1.54, 1.807) is 18.2 Å². The van der Waals surface area contributed by atoms with Crippen LogP contribution < -0.4 is 10.6 Å². The Morgan fingerprint density at radius 2 is 2.11 bits per heavy atom. The third-order valence-electron chi connectivity index (χ3n) is 2.38. The molecule has 0 fully saturated rings. The smallest absolute Gasteiger partial charge is 0.225 e. The number of nitriles is 1. The van der Waals surface area contributed by atoms with Crippen molar-refractivity contribution in [2.45, 2.75) is 32.7 Å². The van der Waals surface area contributed by atoms with Gasteiger partial charge in [0.2, 0.25) is 5.91 Å². The lowest BCUT2D eigenvalue weighted by atomic mass is 10.1. The lowest BCUT2D eigenvalue weighted by Crippen LogP contribution is -2.37. The van der Waals surface area contributed by atoms with Gasteiger partial charge in [0, 0.05) is 23.5 Å². The zero-order valence-electron chi connectivity index (χ0n) is 11.4. The van der Waals surface area contributed by atoms with Crippen LogP contribution in [0, 0.1) is 11.3 Å². The quantitative estimate of drug-likeness (QED) is 0.891. The van der Waals surface area contributed by atoms with Crippen LogP contribution in [0.1, 0.15) is 32.8 Å². The number of anilines is 1. The number of benzene rings is 1. The van der Waals surface area contributed by atoms with Crippen LogP contribution in [0.4, 0.5) is 5.69 Å². The first-order valence-corrected chi connectivity index (χ1v) is 6.44. The number of amides is 1. The van der Waals surface area contributed by atoms with Crippen LogP contribution in [0.15, 0.2) is 18.2 Å². The van der Waals surface area contributed by atoms with E-state index in [-0.39, 0.29) is 11.4 Å². The van der Waals surface area contributed by atoms with E-state index in [0.29, 0.717) is 29.2 Å². The minimum Gasteiger partial charge on any atom is -0.325 e. The second-order valence-corrected chi connectivity index (χ2v) is 5.71. The molecule has 0 bridgehead atoms. The molecule has 102 valence electrons. The van der Waals surface area contributed by atoms with Crippen LogP contribution in [-0.2, 0) is 4.79 Å². The highest BCUT2D eigenvalue weighted by molar-refractivity contribution is 6.31. The van der Waals surface area contributed by atoms with Crippen molar-refractivity contribution in [2.75, 3.05) is 11.9 Å². The van der Waals surface area contributed by atoms with Gasteiger partial charge in [0.05, 0.1) is 11.3 Å². The van der Waals surface area contributed by atoms with Gasteiger partial charge in [-0.2, -0.15) is 5.26 Å². The molecule has 1 aromatic rings. The molecule has 0 aliphatic carbocycles. The summed E-state index contributed by atoms with van der Waals surface area (Å²) in [5, 5.41) is 15.4. The first-order valence-electron chi connectivity index (χ1n) is 6.06. The number of hydrogen-bond donors (Lipinski definition) is 2. The van der Waals surface area contributed by atoms with Crippen molar-refractivity contribution in [1.82, 2.24) is 5.32 Å². The first kappa shape index (κ1) is 15.5. The number of carbonyl (C=O) groups is 1. The fourth-order valence-corrected chi connectivity index (χ4v) is 1.65. The normalized spacial score (nSPS) is 10.9. The molecule has 19 heavy (non-hydrogen) atoms. The Bertz CT molecular complexity index is 500. The molecular formula is C14H18ClN3O. The molecule has 0 saturated carbocycles. The average Bonchev–Trinajstić information content (AvgIpc) is 2.27. The number of carbonyl (C=O) groups excluding carboxylic acids is 1. The Kier molecular flexibility index (Phi) is 5.34. The lowest BCUT2D eigenvalue weighted by Gasteiger charge is -2.20. The molecule has 0 atom stereocenters. The molecule has 0 aromatic heterocycles. The Labute approximate surface area is 118 Å². The number of nitrogens with one attached hydrogen (secondary N) is 2. The summed E-state index contributed by atoms with van der Waals surface area (Å²) in [6, 6.07) is 6.81. The molecule has 0 unspecified atom stereocenters.